The van der Waals surface area contributed by atoms with Gasteiger partial charge in [-0.15, -0.1) is 0 Å². The number of carbonyl (C=O) groups is 1. The molecule has 0 aliphatic rings. The van der Waals surface area contributed by atoms with Crippen LogP contribution in [-0.4, -0.2) is 22.4 Å². The highest BCUT2D eigenvalue weighted by atomic mass is 16.5. The lowest BCUT2D eigenvalue weighted by Gasteiger charge is -2.13. The third-order valence-corrected chi connectivity index (χ3v) is 3.92. The Morgan fingerprint density at radius 1 is 1.16 bits per heavy atom. The molecule has 1 aromatic heterocycles. The van der Waals surface area contributed by atoms with Crippen LogP contribution < -0.4 is 9.47 Å². The number of imidazole rings is 1. The maximum atomic E-state index is 11.8. The number of ether oxygens (including phenoxy) is 2. The van der Waals surface area contributed by atoms with Crippen LogP contribution in [-0.2, 0) is 13.2 Å². The highest BCUT2D eigenvalue weighted by molar-refractivity contribution is 5.97. The molecule has 2 aromatic carbocycles. The second-order valence-corrected chi connectivity index (χ2v) is 5.66. The number of Topliss-reactive ketones (excluding diaryl/α,β-unsaturated/α-hetero) is 1. The Morgan fingerprint density at radius 3 is 2.68 bits per heavy atom. The number of methoxy groups -OCH3 is 1. The number of nitrogens with zero attached hydrogens (tertiary/aromatic N) is 2. The number of ketones is 1. The lowest BCUT2D eigenvalue weighted by atomic mass is 10.1. The van der Waals surface area contributed by atoms with Crippen molar-refractivity contribution in [2.24, 2.45) is 0 Å². The lowest BCUT2D eigenvalue weighted by Crippen LogP contribution is -2.09. The molecule has 0 bridgehead atoms. The van der Waals surface area contributed by atoms with Crippen molar-refractivity contribution in [3.8, 4) is 11.5 Å². The second kappa shape index (κ2) is 7.66. The van der Waals surface area contributed by atoms with Gasteiger partial charge in [-0.1, -0.05) is 30.3 Å². The monoisotopic (exact) mass is 336 g/mol. The average molecular weight is 336 g/mol. The van der Waals surface area contributed by atoms with Crippen LogP contribution >= 0.6 is 0 Å². The highest BCUT2D eigenvalue weighted by Gasteiger charge is 2.12. The van der Waals surface area contributed by atoms with Gasteiger partial charge >= 0.3 is 0 Å². The van der Waals surface area contributed by atoms with Gasteiger partial charge in [0.25, 0.3) is 0 Å². The van der Waals surface area contributed by atoms with Crippen molar-refractivity contribution < 1.29 is 14.3 Å². The van der Waals surface area contributed by atoms with Gasteiger partial charge in [0.2, 0.25) is 0 Å². The summed E-state index contributed by atoms with van der Waals surface area (Å²) in [5.41, 5.74) is 1.72. The number of rotatable bonds is 7. The fraction of sp³-hybridized carbons (Fsp3) is 0.200. The summed E-state index contributed by atoms with van der Waals surface area (Å²) in [4.78, 5) is 16.2. The molecule has 3 rings (SSSR count). The predicted octanol–water partition coefficient (Wildman–Crippen LogP) is 3.72. The predicted molar refractivity (Wildman–Crippen MR) is 95.1 cm³/mol. The van der Waals surface area contributed by atoms with E-state index < -0.39 is 0 Å². The van der Waals surface area contributed by atoms with Gasteiger partial charge in [-0.3, -0.25) is 4.79 Å². The van der Waals surface area contributed by atoms with Crippen molar-refractivity contribution in [2.45, 2.75) is 20.1 Å². The van der Waals surface area contributed by atoms with Gasteiger partial charge in [-0.2, -0.15) is 0 Å². The minimum Gasteiger partial charge on any atom is -0.497 e. The van der Waals surface area contributed by atoms with Crippen LogP contribution in [0, 0.1) is 0 Å². The van der Waals surface area contributed by atoms with E-state index in [1.165, 1.54) is 12.5 Å². The molecule has 5 heteroatoms. The van der Waals surface area contributed by atoms with Gasteiger partial charge in [-0.05, 0) is 24.6 Å². The molecule has 0 unspecified atom stereocenters. The van der Waals surface area contributed by atoms with Gasteiger partial charge in [0.15, 0.2) is 5.78 Å². The van der Waals surface area contributed by atoms with Crippen molar-refractivity contribution in [3.63, 3.8) is 0 Å². The van der Waals surface area contributed by atoms with Crippen LogP contribution in [0.5, 0.6) is 11.5 Å². The second-order valence-electron chi connectivity index (χ2n) is 5.66. The molecule has 0 saturated heterocycles. The summed E-state index contributed by atoms with van der Waals surface area (Å²) >= 11 is 0. The van der Waals surface area contributed by atoms with Crippen molar-refractivity contribution in [2.75, 3.05) is 7.11 Å². The minimum absolute atomic E-state index is 0.0507. The Balaban J connectivity index is 1.77. The fourth-order valence-corrected chi connectivity index (χ4v) is 2.59. The molecule has 128 valence electrons. The summed E-state index contributed by atoms with van der Waals surface area (Å²) in [5.74, 6) is 1.89. The van der Waals surface area contributed by atoms with E-state index in [-0.39, 0.29) is 12.4 Å². The molecule has 0 N–H and O–H groups in total. The zero-order valence-electron chi connectivity index (χ0n) is 14.3. The van der Waals surface area contributed by atoms with E-state index in [9.17, 15) is 4.79 Å². The van der Waals surface area contributed by atoms with Crippen molar-refractivity contribution in [1.29, 1.82) is 0 Å². The third-order valence-electron chi connectivity index (χ3n) is 3.92. The first kappa shape index (κ1) is 16.8. The first-order valence-electron chi connectivity index (χ1n) is 8.03. The first-order chi connectivity index (χ1) is 12.2. The van der Waals surface area contributed by atoms with Crippen molar-refractivity contribution in [1.82, 2.24) is 9.55 Å². The molecule has 0 atom stereocenters. The molecule has 3 aromatic rings. The SMILES string of the molecule is COc1ccc(C(C)=O)c(OCc2nccn2Cc2ccccc2)c1. The van der Waals surface area contributed by atoms with E-state index in [0.29, 0.717) is 17.1 Å². The summed E-state index contributed by atoms with van der Waals surface area (Å²) in [6, 6.07) is 15.3. The maximum absolute atomic E-state index is 11.8. The largest absolute Gasteiger partial charge is 0.497 e. The fourth-order valence-electron chi connectivity index (χ4n) is 2.59. The Kier molecular flexibility index (Phi) is 5.14. The van der Waals surface area contributed by atoms with Crippen LogP contribution in [0.15, 0.2) is 60.9 Å². The zero-order chi connectivity index (χ0) is 17.6. The average Bonchev–Trinajstić information content (AvgIpc) is 3.07. The molecule has 0 aliphatic carbocycles. The van der Waals surface area contributed by atoms with E-state index in [0.717, 1.165) is 12.4 Å². The quantitative estimate of drug-likeness (QED) is 0.617. The standard InChI is InChI=1S/C20H20N2O3/c1-15(23)18-9-8-17(24-2)12-19(18)25-14-20-21-10-11-22(20)13-16-6-4-3-5-7-16/h3-12H,13-14H2,1-2H3. The van der Waals surface area contributed by atoms with Crippen LogP contribution in [0.25, 0.3) is 0 Å². The summed E-state index contributed by atoms with van der Waals surface area (Å²) in [6.07, 6.45) is 3.67. The number of aromatic nitrogens is 2. The maximum Gasteiger partial charge on any atom is 0.163 e. The van der Waals surface area contributed by atoms with Gasteiger partial charge in [0, 0.05) is 25.0 Å². The number of hydrogen-bond acceptors (Lipinski definition) is 4. The van der Waals surface area contributed by atoms with Gasteiger partial charge < -0.3 is 14.0 Å². The van der Waals surface area contributed by atoms with Crippen LogP contribution in [0.4, 0.5) is 0 Å². The molecular weight excluding hydrogens is 316 g/mol. The van der Waals surface area contributed by atoms with E-state index in [1.54, 1.807) is 31.5 Å². The molecule has 5 nitrogen and oxygen atoms in total. The van der Waals surface area contributed by atoms with Crippen LogP contribution in [0.2, 0.25) is 0 Å². The van der Waals surface area contributed by atoms with E-state index in [2.05, 4.69) is 17.1 Å². The summed E-state index contributed by atoms with van der Waals surface area (Å²) in [5, 5.41) is 0. The Labute approximate surface area is 146 Å². The van der Waals surface area contributed by atoms with Crippen molar-refractivity contribution >= 4 is 5.78 Å². The zero-order valence-corrected chi connectivity index (χ0v) is 14.3. The van der Waals surface area contributed by atoms with E-state index in [4.69, 9.17) is 9.47 Å². The van der Waals surface area contributed by atoms with E-state index >= 15 is 0 Å². The molecule has 0 spiro atoms. The molecule has 0 amide bonds. The molecule has 25 heavy (non-hydrogen) atoms. The molecule has 0 saturated carbocycles. The normalized spacial score (nSPS) is 10.5. The van der Waals surface area contributed by atoms with Gasteiger partial charge in [0.05, 0.1) is 12.7 Å². The first-order valence-corrected chi connectivity index (χ1v) is 8.03. The number of hydrogen-bond donors (Lipinski definition) is 0. The number of carbonyl (C=O) groups excluding carboxylic acids is 1. The summed E-state index contributed by atoms with van der Waals surface area (Å²) in [7, 11) is 1.58. The van der Waals surface area contributed by atoms with Gasteiger partial charge in [0.1, 0.15) is 23.9 Å². The molecule has 0 fully saturated rings. The van der Waals surface area contributed by atoms with Gasteiger partial charge in [-0.25, -0.2) is 4.98 Å². The molecular formula is C20H20N2O3. The highest BCUT2D eigenvalue weighted by Crippen LogP contribution is 2.26. The molecule has 0 radical (unpaired) electrons. The van der Waals surface area contributed by atoms with Crippen LogP contribution in [0.1, 0.15) is 28.7 Å². The van der Waals surface area contributed by atoms with Crippen LogP contribution in [0.3, 0.4) is 0 Å². The summed E-state index contributed by atoms with van der Waals surface area (Å²) in [6.45, 7) is 2.51. The Hall–Kier alpha value is -3.08. The topological polar surface area (TPSA) is 53.4 Å². The summed E-state index contributed by atoms with van der Waals surface area (Å²) < 4.78 is 13.1. The molecule has 0 aliphatic heterocycles. The van der Waals surface area contributed by atoms with Crippen molar-refractivity contribution in [3.05, 3.63) is 77.9 Å². The number of benzene rings is 2. The Bertz CT molecular complexity index is 856. The smallest absolute Gasteiger partial charge is 0.163 e. The molecule has 1 heterocycles. The minimum atomic E-state index is -0.0507. The van der Waals surface area contributed by atoms with E-state index in [1.807, 2.05) is 29.0 Å². The third kappa shape index (κ3) is 4.07. The lowest BCUT2D eigenvalue weighted by molar-refractivity contribution is 0.101. The Morgan fingerprint density at radius 2 is 1.96 bits per heavy atom.